The highest BCUT2D eigenvalue weighted by molar-refractivity contribution is 6.68. The Bertz CT molecular complexity index is 460. The van der Waals surface area contributed by atoms with E-state index in [9.17, 15) is 10.1 Å². The van der Waals surface area contributed by atoms with Crippen molar-refractivity contribution in [1.29, 1.82) is 0 Å². The molecule has 0 saturated carbocycles. The van der Waals surface area contributed by atoms with Gasteiger partial charge < -0.3 is 4.74 Å². The van der Waals surface area contributed by atoms with Crippen molar-refractivity contribution in [1.82, 2.24) is 0 Å². The zero-order valence-corrected chi connectivity index (χ0v) is 15.1. The first-order valence-electron chi connectivity index (χ1n) is 7.39. The molecule has 1 rings (SSSR count). The first-order chi connectivity index (χ1) is 10.5. The van der Waals surface area contributed by atoms with Crippen LogP contribution >= 0.6 is 23.2 Å². The van der Waals surface area contributed by atoms with Gasteiger partial charge in [-0.15, -0.1) is 23.2 Å². The van der Waals surface area contributed by atoms with Crippen molar-refractivity contribution in [3.8, 4) is 0 Å². The first-order valence-corrected chi connectivity index (χ1v) is 9.54. The molecule has 0 heterocycles. The van der Waals surface area contributed by atoms with E-state index in [4.69, 9.17) is 27.9 Å². The Morgan fingerprint density at radius 1 is 1.23 bits per heavy atom. The molecular formula is C15H21Cl2NO3Si. The molecule has 1 aromatic rings. The number of hydrogen-bond donors (Lipinski definition) is 0. The average Bonchev–Trinajstić information content (AvgIpc) is 2.49. The molecule has 1 atom stereocenters. The molecule has 1 unspecified atom stereocenters. The molecule has 0 aliphatic heterocycles. The molecule has 0 aliphatic carbocycles. The van der Waals surface area contributed by atoms with Crippen molar-refractivity contribution < 1.29 is 9.66 Å². The Morgan fingerprint density at radius 2 is 1.91 bits per heavy atom. The third-order valence-corrected chi connectivity index (χ3v) is 5.19. The summed E-state index contributed by atoms with van der Waals surface area (Å²) in [4.78, 5) is 10.6. The van der Waals surface area contributed by atoms with Gasteiger partial charge >= 0.3 is 0 Å². The molecule has 7 heteroatoms. The number of alkyl halides is 2. The molecule has 2 radical (unpaired) electrons. The third kappa shape index (κ3) is 7.58. The van der Waals surface area contributed by atoms with E-state index in [0.29, 0.717) is 21.7 Å². The Balaban J connectivity index is 2.21. The number of benzene rings is 1. The summed E-state index contributed by atoms with van der Waals surface area (Å²) in [6.07, 6.45) is 4.05. The summed E-state index contributed by atoms with van der Waals surface area (Å²) < 4.78 is 5.49. The van der Waals surface area contributed by atoms with E-state index < -0.39 is 0 Å². The molecule has 0 aliphatic rings. The molecule has 22 heavy (non-hydrogen) atoms. The summed E-state index contributed by atoms with van der Waals surface area (Å²) >= 11 is 11.4. The zero-order chi connectivity index (χ0) is 16.4. The number of ether oxygens (including phenoxy) is 1. The number of nitro groups is 1. The summed E-state index contributed by atoms with van der Waals surface area (Å²) in [5, 5.41) is 11.0. The van der Waals surface area contributed by atoms with Crippen LogP contribution in [0.15, 0.2) is 24.3 Å². The normalized spacial score (nSPS) is 12.5. The van der Waals surface area contributed by atoms with E-state index >= 15 is 0 Å². The van der Waals surface area contributed by atoms with E-state index in [2.05, 4.69) is 0 Å². The number of hydrogen-bond acceptors (Lipinski definition) is 3. The van der Waals surface area contributed by atoms with Crippen molar-refractivity contribution in [3.05, 3.63) is 39.9 Å². The van der Waals surface area contributed by atoms with Gasteiger partial charge in [0.2, 0.25) is 0 Å². The summed E-state index contributed by atoms with van der Waals surface area (Å²) in [5.41, 5.74) is 0.747. The Hall–Kier alpha value is -0.623. The van der Waals surface area contributed by atoms with Crippen molar-refractivity contribution in [3.63, 3.8) is 0 Å². The van der Waals surface area contributed by atoms with Crippen LogP contribution < -0.4 is 0 Å². The molecule has 0 fully saturated rings. The van der Waals surface area contributed by atoms with Gasteiger partial charge in [0.25, 0.3) is 5.69 Å². The van der Waals surface area contributed by atoms with Crippen molar-refractivity contribution >= 4 is 38.4 Å². The number of rotatable bonds is 11. The van der Waals surface area contributed by atoms with Gasteiger partial charge in [-0.1, -0.05) is 37.4 Å². The SMILES string of the molecule is CC(OCCCCCC[Si]C(Cl)Cl)c1ccccc1[N+](=O)[O-]. The molecule has 4 nitrogen and oxygen atoms in total. The Morgan fingerprint density at radius 3 is 2.59 bits per heavy atom. The molecule has 0 aromatic heterocycles. The molecule has 0 amide bonds. The van der Waals surface area contributed by atoms with Gasteiger partial charge in [0.05, 0.1) is 30.6 Å². The van der Waals surface area contributed by atoms with Gasteiger partial charge in [0.15, 0.2) is 0 Å². The number of para-hydroxylation sites is 1. The molecule has 1 aromatic carbocycles. The summed E-state index contributed by atoms with van der Waals surface area (Å²) in [5.74, 6) is 0. The fourth-order valence-electron chi connectivity index (χ4n) is 2.14. The van der Waals surface area contributed by atoms with Crippen LogP contribution in [-0.2, 0) is 4.74 Å². The standard InChI is InChI=1S/C15H21Cl2NO3Si/c1-12(13-8-4-5-9-14(13)18(19)20)21-10-6-2-3-7-11-22-15(16)17/h4-5,8-9,12,15H,2-3,6-7,10-11H2,1H3. The second-order valence-electron chi connectivity index (χ2n) is 5.00. The minimum Gasteiger partial charge on any atom is -0.374 e. The summed E-state index contributed by atoms with van der Waals surface area (Å²) in [6.45, 7) is 2.47. The zero-order valence-electron chi connectivity index (χ0n) is 12.6. The fourth-order valence-corrected chi connectivity index (χ4v) is 3.47. The van der Waals surface area contributed by atoms with Crippen LogP contribution in [0.2, 0.25) is 6.04 Å². The van der Waals surface area contributed by atoms with E-state index in [1.165, 1.54) is 6.07 Å². The van der Waals surface area contributed by atoms with Gasteiger partial charge in [0.1, 0.15) is 0 Å². The maximum Gasteiger partial charge on any atom is 0.275 e. The smallest absolute Gasteiger partial charge is 0.275 e. The highest BCUT2D eigenvalue weighted by Crippen LogP contribution is 2.27. The molecule has 0 bridgehead atoms. The second-order valence-corrected chi connectivity index (χ2v) is 8.31. The fraction of sp³-hybridized carbons (Fsp3) is 0.600. The van der Waals surface area contributed by atoms with E-state index in [0.717, 1.165) is 31.7 Å². The van der Waals surface area contributed by atoms with Gasteiger partial charge in [-0.25, -0.2) is 0 Å². The van der Waals surface area contributed by atoms with Gasteiger partial charge in [0, 0.05) is 12.7 Å². The number of nitro benzene ring substituents is 1. The molecule has 0 saturated heterocycles. The number of unbranched alkanes of at least 4 members (excludes halogenated alkanes) is 3. The molecule has 0 N–H and O–H groups in total. The summed E-state index contributed by atoms with van der Waals surface area (Å²) in [6, 6.07) is 7.80. The monoisotopic (exact) mass is 361 g/mol. The Kier molecular flexibility index (Phi) is 9.71. The van der Waals surface area contributed by atoms with Crippen LogP contribution in [0.3, 0.4) is 0 Å². The maximum absolute atomic E-state index is 11.0. The lowest BCUT2D eigenvalue weighted by molar-refractivity contribution is -0.386. The van der Waals surface area contributed by atoms with Crippen molar-refractivity contribution in [2.45, 2.75) is 49.2 Å². The lowest BCUT2D eigenvalue weighted by Gasteiger charge is -2.13. The molecule has 122 valence electrons. The van der Waals surface area contributed by atoms with Crippen LogP contribution in [0.1, 0.15) is 44.3 Å². The predicted molar refractivity (Wildman–Crippen MR) is 92.0 cm³/mol. The summed E-state index contributed by atoms with van der Waals surface area (Å²) in [7, 11) is 0.610. The third-order valence-electron chi connectivity index (χ3n) is 3.31. The number of halogens is 2. The van der Waals surface area contributed by atoms with Crippen LogP contribution in [0.4, 0.5) is 5.69 Å². The van der Waals surface area contributed by atoms with E-state index in [1.807, 2.05) is 6.92 Å². The molecule has 0 spiro atoms. The highest BCUT2D eigenvalue weighted by Gasteiger charge is 2.18. The number of nitrogens with zero attached hydrogens (tertiary/aromatic N) is 1. The van der Waals surface area contributed by atoms with Crippen molar-refractivity contribution in [2.24, 2.45) is 0 Å². The van der Waals surface area contributed by atoms with Gasteiger partial charge in [-0.05, 0) is 19.4 Å². The predicted octanol–water partition coefficient (Wildman–Crippen LogP) is 5.12. The van der Waals surface area contributed by atoms with Crippen LogP contribution in [-0.4, -0.2) is 25.5 Å². The van der Waals surface area contributed by atoms with E-state index in [-0.39, 0.29) is 21.2 Å². The first kappa shape index (κ1) is 19.4. The lowest BCUT2D eigenvalue weighted by atomic mass is 10.1. The lowest BCUT2D eigenvalue weighted by Crippen LogP contribution is -2.05. The quantitative estimate of drug-likeness (QED) is 0.181. The van der Waals surface area contributed by atoms with Crippen molar-refractivity contribution in [2.75, 3.05) is 6.61 Å². The average molecular weight is 362 g/mol. The van der Waals surface area contributed by atoms with Crippen LogP contribution in [0, 0.1) is 10.1 Å². The maximum atomic E-state index is 11.0. The van der Waals surface area contributed by atoms with Gasteiger partial charge in [-0.3, -0.25) is 10.1 Å². The minimum atomic E-state index is -0.364. The van der Waals surface area contributed by atoms with Gasteiger partial charge in [-0.2, -0.15) is 0 Å². The van der Waals surface area contributed by atoms with Crippen LogP contribution in [0.25, 0.3) is 0 Å². The highest BCUT2D eigenvalue weighted by atomic mass is 35.5. The van der Waals surface area contributed by atoms with E-state index in [1.54, 1.807) is 18.2 Å². The molecular weight excluding hydrogens is 341 g/mol. The minimum absolute atomic E-state index is 0.118. The topological polar surface area (TPSA) is 52.4 Å². The van der Waals surface area contributed by atoms with Crippen LogP contribution in [0.5, 0.6) is 0 Å². The largest absolute Gasteiger partial charge is 0.374 e. The second kappa shape index (κ2) is 11.0. The Labute approximate surface area is 144 Å².